The van der Waals surface area contributed by atoms with Gasteiger partial charge in [0.25, 0.3) is 0 Å². The van der Waals surface area contributed by atoms with E-state index in [0.29, 0.717) is 11.2 Å². The number of aryl methyl sites for hydroxylation is 1. The largest absolute Gasteiger partial charge is 0.357 e. The molecule has 160 valence electrons. The topological polar surface area (TPSA) is 45.5 Å². The molecule has 1 fully saturated rings. The molecule has 0 amide bonds. The lowest BCUT2D eigenvalue weighted by atomic mass is 10.0. The number of halogens is 2. The summed E-state index contributed by atoms with van der Waals surface area (Å²) in [6.07, 6.45) is 8.51. The third kappa shape index (κ3) is 7.07. The highest BCUT2D eigenvalue weighted by molar-refractivity contribution is 14.0. The lowest BCUT2D eigenvalue weighted by Crippen LogP contribution is -2.40. The van der Waals surface area contributed by atoms with Gasteiger partial charge < -0.3 is 10.2 Å². The Kier molecular flexibility index (Phi) is 10.1. The van der Waals surface area contributed by atoms with Crippen LogP contribution in [-0.2, 0) is 13.5 Å². The molecule has 1 N–H and O–H groups in total. The summed E-state index contributed by atoms with van der Waals surface area (Å²) >= 11 is 7.99. The van der Waals surface area contributed by atoms with Crippen LogP contribution in [0.1, 0.15) is 29.7 Å². The van der Waals surface area contributed by atoms with Gasteiger partial charge in [0.15, 0.2) is 5.96 Å². The number of thioether (sulfide) groups is 1. The molecule has 2 heterocycles. The predicted molar refractivity (Wildman–Crippen MR) is 136 cm³/mol. The number of guanidine groups is 1. The predicted octanol–water partition coefficient (Wildman–Crippen LogP) is 4.63. The van der Waals surface area contributed by atoms with E-state index in [1.54, 1.807) is 0 Å². The summed E-state index contributed by atoms with van der Waals surface area (Å²) < 4.78 is 1.88. The van der Waals surface area contributed by atoms with Gasteiger partial charge in [-0.2, -0.15) is 16.9 Å². The van der Waals surface area contributed by atoms with Gasteiger partial charge in [0.05, 0.1) is 12.7 Å². The van der Waals surface area contributed by atoms with Crippen LogP contribution in [0.15, 0.2) is 41.7 Å². The van der Waals surface area contributed by atoms with E-state index in [9.17, 15) is 0 Å². The minimum Gasteiger partial charge on any atom is -0.357 e. The highest BCUT2D eigenvalue weighted by Gasteiger charge is 2.25. The molecule has 2 unspecified atom stereocenters. The van der Waals surface area contributed by atoms with E-state index in [1.807, 2.05) is 47.9 Å². The summed E-state index contributed by atoms with van der Waals surface area (Å²) in [5.41, 5.74) is 2.55. The SMILES string of the molecule is CCNC(=NCC(SC)c1cccc(Cl)c1)N1CCC(Cc2cnn(C)c2)C1.I. The van der Waals surface area contributed by atoms with Crippen LogP contribution in [0, 0.1) is 5.92 Å². The number of hydrogen-bond donors (Lipinski definition) is 1. The number of hydrogen-bond acceptors (Lipinski definition) is 3. The lowest BCUT2D eigenvalue weighted by Gasteiger charge is -2.23. The van der Waals surface area contributed by atoms with E-state index < -0.39 is 0 Å². The molecule has 29 heavy (non-hydrogen) atoms. The van der Waals surface area contributed by atoms with Crippen molar-refractivity contribution in [3.8, 4) is 0 Å². The number of aliphatic imine (C=N–C) groups is 1. The average Bonchev–Trinajstić information content (AvgIpc) is 3.31. The Labute approximate surface area is 200 Å². The van der Waals surface area contributed by atoms with Crippen molar-refractivity contribution >= 4 is 53.3 Å². The Bertz CT molecular complexity index is 797. The summed E-state index contributed by atoms with van der Waals surface area (Å²) in [7, 11) is 1.97. The summed E-state index contributed by atoms with van der Waals surface area (Å²) in [6.45, 7) is 5.85. The molecule has 1 saturated heterocycles. The van der Waals surface area contributed by atoms with Gasteiger partial charge in [-0.25, -0.2) is 0 Å². The van der Waals surface area contributed by atoms with E-state index in [-0.39, 0.29) is 24.0 Å². The molecule has 5 nitrogen and oxygen atoms in total. The maximum absolute atomic E-state index is 6.17. The minimum atomic E-state index is 0. The second-order valence-electron chi connectivity index (χ2n) is 7.30. The first-order valence-corrected chi connectivity index (χ1v) is 11.5. The maximum atomic E-state index is 6.17. The van der Waals surface area contributed by atoms with E-state index in [1.165, 1.54) is 17.5 Å². The summed E-state index contributed by atoms with van der Waals surface area (Å²) in [6, 6.07) is 8.11. The van der Waals surface area contributed by atoms with E-state index in [4.69, 9.17) is 16.6 Å². The van der Waals surface area contributed by atoms with Gasteiger partial charge in [-0.05, 0) is 55.2 Å². The molecule has 8 heteroatoms. The molecular formula is C21H31ClIN5S. The molecule has 2 atom stereocenters. The number of benzene rings is 1. The van der Waals surface area contributed by atoms with Crippen molar-refractivity contribution in [3.63, 3.8) is 0 Å². The van der Waals surface area contributed by atoms with E-state index in [2.05, 4.69) is 40.8 Å². The molecule has 3 rings (SSSR count). The van der Waals surface area contributed by atoms with Gasteiger partial charge >= 0.3 is 0 Å². The number of nitrogens with one attached hydrogen (secondary N) is 1. The Balaban J connectivity index is 0.00000300. The highest BCUT2D eigenvalue weighted by Crippen LogP contribution is 2.29. The molecule has 0 aliphatic carbocycles. The highest BCUT2D eigenvalue weighted by atomic mass is 127. The fourth-order valence-electron chi connectivity index (χ4n) is 3.72. The normalized spacial score (nSPS) is 17.9. The van der Waals surface area contributed by atoms with Crippen molar-refractivity contribution in [2.45, 2.75) is 25.0 Å². The molecule has 0 radical (unpaired) electrons. The van der Waals surface area contributed by atoms with E-state index >= 15 is 0 Å². The van der Waals surface area contributed by atoms with Gasteiger partial charge in [0.1, 0.15) is 0 Å². The van der Waals surface area contributed by atoms with Crippen molar-refractivity contribution in [1.29, 1.82) is 0 Å². The fourth-order valence-corrected chi connectivity index (χ4v) is 4.56. The Morgan fingerprint density at radius 3 is 2.93 bits per heavy atom. The summed E-state index contributed by atoms with van der Waals surface area (Å²) in [5, 5.41) is 8.86. The Morgan fingerprint density at radius 2 is 2.28 bits per heavy atom. The van der Waals surface area contributed by atoms with Gasteiger partial charge in [0.2, 0.25) is 0 Å². The second-order valence-corrected chi connectivity index (χ2v) is 8.78. The van der Waals surface area contributed by atoms with Crippen LogP contribution >= 0.6 is 47.3 Å². The van der Waals surface area contributed by atoms with Crippen molar-refractivity contribution in [1.82, 2.24) is 20.0 Å². The zero-order valence-corrected chi connectivity index (χ0v) is 21.2. The zero-order valence-electron chi connectivity index (χ0n) is 17.3. The Morgan fingerprint density at radius 1 is 1.45 bits per heavy atom. The van der Waals surface area contributed by atoms with Crippen LogP contribution in [0.4, 0.5) is 0 Å². The number of nitrogens with zero attached hydrogens (tertiary/aromatic N) is 4. The van der Waals surface area contributed by atoms with Crippen LogP contribution in [-0.4, -0.2) is 53.1 Å². The number of rotatable bonds is 7. The smallest absolute Gasteiger partial charge is 0.193 e. The number of aromatic nitrogens is 2. The molecular weight excluding hydrogens is 517 g/mol. The van der Waals surface area contributed by atoms with Crippen molar-refractivity contribution in [2.75, 3.05) is 32.4 Å². The lowest BCUT2D eigenvalue weighted by molar-refractivity contribution is 0.460. The zero-order chi connectivity index (χ0) is 19.9. The van der Waals surface area contributed by atoms with Gasteiger partial charge in [-0.3, -0.25) is 9.67 Å². The van der Waals surface area contributed by atoms with Crippen LogP contribution in [0.2, 0.25) is 5.02 Å². The molecule has 1 aliphatic rings. The maximum Gasteiger partial charge on any atom is 0.193 e. The average molecular weight is 548 g/mol. The molecule has 2 aromatic rings. The van der Waals surface area contributed by atoms with Gasteiger partial charge in [-0.1, -0.05) is 23.7 Å². The fraction of sp³-hybridized carbons (Fsp3) is 0.524. The minimum absolute atomic E-state index is 0. The third-order valence-corrected chi connectivity index (χ3v) is 6.34. The molecule has 1 aliphatic heterocycles. The van der Waals surface area contributed by atoms with Crippen LogP contribution in [0.3, 0.4) is 0 Å². The van der Waals surface area contributed by atoms with E-state index in [0.717, 1.165) is 43.6 Å². The first kappa shape index (κ1) is 24.3. The molecule has 0 bridgehead atoms. The van der Waals surface area contributed by atoms with Gasteiger partial charge in [0, 0.05) is 43.2 Å². The number of likely N-dealkylation sites (tertiary alicyclic amines) is 1. The van der Waals surface area contributed by atoms with Crippen LogP contribution < -0.4 is 5.32 Å². The third-order valence-electron chi connectivity index (χ3n) is 5.11. The van der Waals surface area contributed by atoms with Crippen molar-refractivity contribution in [3.05, 3.63) is 52.8 Å². The monoisotopic (exact) mass is 547 g/mol. The molecule has 0 saturated carbocycles. The van der Waals surface area contributed by atoms with Crippen molar-refractivity contribution in [2.24, 2.45) is 18.0 Å². The first-order valence-electron chi connectivity index (χ1n) is 9.88. The summed E-state index contributed by atoms with van der Waals surface area (Å²) in [5.74, 6) is 1.68. The van der Waals surface area contributed by atoms with Crippen LogP contribution in [0.25, 0.3) is 0 Å². The second kappa shape index (κ2) is 12.1. The molecule has 1 aromatic heterocycles. The van der Waals surface area contributed by atoms with Crippen molar-refractivity contribution < 1.29 is 0 Å². The standard InChI is InChI=1S/C21H30ClN5S.HI/c1-4-23-21(24-13-20(28-3)18-6-5-7-19(22)11-18)27-9-8-16(15-27)10-17-12-25-26(2)14-17;/h5-7,11-12,14,16,20H,4,8-10,13,15H2,1-3H3,(H,23,24);1H. The molecule has 1 aromatic carbocycles. The molecule has 0 spiro atoms. The summed E-state index contributed by atoms with van der Waals surface area (Å²) in [4.78, 5) is 7.37. The Hall–Kier alpha value is -0.930. The van der Waals surface area contributed by atoms with Gasteiger partial charge in [-0.15, -0.1) is 24.0 Å². The van der Waals surface area contributed by atoms with Crippen LogP contribution in [0.5, 0.6) is 0 Å². The quantitative estimate of drug-likeness (QED) is 0.312. The first-order chi connectivity index (χ1) is 13.6.